The highest BCUT2D eigenvalue weighted by molar-refractivity contribution is 7.89. The number of halogens is 1. The van der Waals surface area contributed by atoms with Gasteiger partial charge in [0.1, 0.15) is 4.90 Å². The number of Topliss-reactive ketones (excluding diaryl/α,β-unsaturated/α-hetero) is 1. The van der Waals surface area contributed by atoms with E-state index in [2.05, 4.69) is 18.6 Å². The summed E-state index contributed by atoms with van der Waals surface area (Å²) in [5.41, 5.74) is 1.95. The Balaban J connectivity index is 1.46. The van der Waals surface area contributed by atoms with Crippen LogP contribution in [0.2, 0.25) is 5.02 Å². The molecule has 8 heteroatoms. The molecule has 6 nitrogen and oxygen atoms in total. The first-order chi connectivity index (χ1) is 15.7. The van der Waals surface area contributed by atoms with Gasteiger partial charge in [0.2, 0.25) is 15.9 Å². The SMILES string of the molecule is CC(C)Cc1ccc(C(=O)C2CCN(C(=O)CCNS(=O)(=O)c3ccccc3Cl)CC2)cc1. The molecule has 178 valence electrons. The molecule has 3 rings (SSSR count). The van der Waals surface area contributed by atoms with Gasteiger partial charge in [0.15, 0.2) is 5.78 Å². The highest BCUT2D eigenvalue weighted by Gasteiger charge is 2.28. The topological polar surface area (TPSA) is 83.6 Å². The van der Waals surface area contributed by atoms with Crippen LogP contribution in [0.3, 0.4) is 0 Å². The third-order valence-electron chi connectivity index (χ3n) is 5.86. The molecule has 0 bridgehead atoms. The van der Waals surface area contributed by atoms with Crippen molar-refractivity contribution >= 4 is 33.3 Å². The Bertz CT molecular complexity index is 1080. The normalized spacial score (nSPS) is 15.1. The van der Waals surface area contributed by atoms with E-state index < -0.39 is 10.0 Å². The van der Waals surface area contributed by atoms with Crippen LogP contribution in [-0.4, -0.2) is 44.6 Å². The van der Waals surface area contributed by atoms with E-state index in [1.165, 1.54) is 17.7 Å². The van der Waals surface area contributed by atoms with E-state index >= 15 is 0 Å². The van der Waals surface area contributed by atoms with Crippen molar-refractivity contribution in [2.45, 2.75) is 44.4 Å². The molecule has 0 spiro atoms. The van der Waals surface area contributed by atoms with Crippen LogP contribution < -0.4 is 4.72 Å². The Kier molecular flexibility index (Phi) is 8.68. The van der Waals surface area contributed by atoms with Gasteiger partial charge in [-0.2, -0.15) is 0 Å². The van der Waals surface area contributed by atoms with Crippen molar-refractivity contribution in [2.24, 2.45) is 11.8 Å². The molecule has 0 saturated carbocycles. The van der Waals surface area contributed by atoms with Gasteiger partial charge in [-0.25, -0.2) is 13.1 Å². The summed E-state index contributed by atoms with van der Waals surface area (Å²) >= 11 is 5.96. The lowest BCUT2D eigenvalue weighted by Crippen LogP contribution is -2.41. The molecular weight excluding hydrogens is 460 g/mol. The van der Waals surface area contributed by atoms with Crippen molar-refractivity contribution in [2.75, 3.05) is 19.6 Å². The minimum Gasteiger partial charge on any atom is -0.343 e. The number of sulfonamides is 1. The molecule has 0 aromatic heterocycles. The van der Waals surface area contributed by atoms with Gasteiger partial charge in [-0.3, -0.25) is 9.59 Å². The van der Waals surface area contributed by atoms with Crippen molar-refractivity contribution in [3.8, 4) is 0 Å². The number of carbonyl (C=O) groups excluding carboxylic acids is 2. The Morgan fingerprint density at radius 3 is 2.30 bits per heavy atom. The summed E-state index contributed by atoms with van der Waals surface area (Å²) in [5.74, 6) is 0.482. The van der Waals surface area contributed by atoms with E-state index in [-0.39, 0.29) is 40.5 Å². The van der Waals surface area contributed by atoms with Gasteiger partial charge in [0.05, 0.1) is 5.02 Å². The first-order valence-corrected chi connectivity index (χ1v) is 13.2. The summed E-state index contributed by atoms with van der Waals surface area (Å²) in [4.78, 5) is 27.1. The van der Waals surface area contributed by atoms with Gasteiger partial charge in [0.25, 0.3) is 0 Å². The van der Waals surface area contributed by atoms with Crippen LogP contribution in [0.25, 0.3) is 0 Å². The lowest BCUT2D eigenvalue weighted by atomic mass is 9.88. The smallest absolute Gasteiger partial charge is 0.242 e. The van der Waals surface area contributed by atoms with Gasteiger partial charge in [-0.15, -0.1) is 0 Å². The second-order valence-corrected chi connectivity index (χ2v) is 11.0. The lowest BCUT2D eigenvalue weighted by molar-refractivity contribution is -0.132. The number of carbonyl (C=O) groups is 2. The van der Waals surface area contributed by atoms with Gasteiger partial charge < -0.3 is 4.90 Å². The average molecular weight is 491 g/mol. The molecule has 0 atom stereocenters. The number of ketones is 1. The maximum atomic E-state index is 12.9. The number of nitrogens with one attached hydrogen (secondary N) is 1. The number of benzene rings is 2. The molecule has 1 heterocycles. The molecule has 1 aliphatic rings. The second-order valence-electron chi connectivity index (χ2n) is 8.89. The molecule has 1 fully saturated rings. The van der Waals surface area contributed by atoms with Crippen LogP contribution in [0.4, 0.5) is 0 Å². The Hall–Kier alpha value is -2.22. The number of nitrogens with zero attached hydrogens (tertiary/aromatic N) is 1. The van der Waals surface area contributed by atoms with Gasteiger partial charge >= 0.3 is 0 Å². The third-order valence-corrected chi connectivity index (χ3v) is 7.82. The Morgan fingerprint density at radius 2 is 1.70 bits per heavy atom. The van der Waals surface area contributed by atoms with E-state index in [1.807, 2.05) is 24.3 Å². The van der Waals surface area contributed by atoms with Crippen LogP contribution >= 0.6 is 11.6 Å². The number of hydrogen-bond donors (Lipinski definition) is 1. The van der Waals surface area contributed by atoms with Crippen LogP contribution in [0, 0.1) is 11.8 Å². The van der Waals surface area contributed by atoms with Crippen LogP contribution in [0.15, 0.2) is 53.4 Å². The van der Waals surface area contributed by atoms with E-state index in [0.29, 0.717) is 31.8 Å². The summed E-state index contributed by atoms with van der Waals surface area (Å²) in [6, 6.07) is 14.0. The quantitative estimate of drug-likeness (QED) is 0.530. The second kappa shape index (κ2) is 11.3. The molecule has 0 unspecified atom stereocenters. The highest BCUT2D eigenvalue weighted by Crippen LogP contribution is 2.23. The molecule has 1 aliphatic heterocycles. The van der Waals surface area contributed by atoms with Crippen molar-refractivity contribution in [1.82, 2.24) is 9.62 Å². The molecule has 1 N–H and O–H groups in total. The third kappa shape index (κ3) is 6.88. The zero-order valence-electron chi connectivity index (χ0n) is 19.1. The number of piperidine rings is 1. The minimum absolute atomic E-state index is 0.00400. The highest BCUT2D eigenvalue weighted by atomic mass is 35.5. The van der Waals surface area contributed by atoms with Gasteiger partial charge in [-0.05, 0) is 42.9 Å². The molecule has 0 aliphatic carbocycles. The molecule has 2 aromatic carbocycles. The number of amides is 1. The number of likely N-dealkylation sites (tertiary alicyclic amines) is 1. The largest absolute Gasteiger partial charge is 0.343 e. The van der Waals surface area contributed by atoms with Crippen molar-refractivity contribution in [1.29, 1.82) is 0 Å². The van der Waals surface area contributed by atoms with Crippen molar-refractivity contribution in [3.63, 3.8) is 0 Å². The molecule has 2 aromatic rings. The minimum atomic E-state index is -3.78. The summed E-state index contributed by atoms with van der Waals surface area (Å²) in [7, 11) is -3.78. The summed E-state index contributed by atoms with van der Waals surface area (Å²) < 4.78 is 27.2. The van der Waals surface area contributed by atoms with Gasteiger partial charge in [-0.1, -0.05) is 61.8 Å². The van der Waals surface area contributed by atoms with E-state index in [1.54, 1.807) is 17.0 Å². The average Bonchev–Trinajstić information content (AvgIpc) is 2.79. The molecule has 0 radical (unpaired) electrons. The zero-order valence-corrected chi connectivity index (χ0v) is 20.7. The molecule has 1 amide bonds. The zero-order chi connectivity index (χ0) is 24.0. The molecule has 33 heavy (non-hydrogen) atoms. The maximum absolute atomic E-state index is 12.9. The van der Waals surface area contributed by atoms with E-state index in [0.717, 1.165) is 12.0 Å². The van der Waals surface area contributed by atoms with E-state index in [9.17, 15) is 18.0 Å². The van der Waals surface area contributed by atoms with Crippen LogP contribution in [-0.2, 0) is 21.2 Å². The fraction of sp³-hybridized carbons (Fsp3) is 0.440. The van der Waals surface area contributed by atoms with Crippen molar-refractivity contribution in [3.05, 3.63) is 64.7 Å². The predicted octanol–water partition coefficient (Wildman–Crippen LogP) is 4.33. The Labute approximate surface area is 201 Å². The molecular formula is C25H31ClN2O4S. The first-order valence-electron chi connectivity index (χ1n) is 11.3. The fourth-order valence-corrected chi connectivity index (χ4v) is 5.64. The summed E-state index contributed by atoms with van der Waals surface area (Å²) in [6.07, 6.45) is 2.27. The standard InChI is InChI=1S/C25H31ClN2O4S/c1-18(2)17-19-7-9-20(10-8-19)25(30)21-12-15-28(16-13-21)24(29)11-14-27-33(31,32)23-6-4-3-5-22(23)26/h3-10,18,21,27H,11-17H2,1-2H3. The predicted molar refractivity (Wildman–Crippen MR) is 130 cm³/mol. The number of hydrogen-bond acceptors (Lipinski definition) is 4. The van der Waals surface area contributed by atoms with Crippen LogP contribution in [0.1, 0.15) is 49.0 Å². The summed E-state index contributed by atoms with van der Waals surface area (Å²) in [6.45, 7) is 5.33. The lowest BCUT2D eigenvalue weighted by Gasteiger charge is -2.31. The van der Waals surface area contributed by atoms with E-state index in [4.69, 9.17) is 11.6 Å². The van der Waals surface area contributed by atoms with Crippen molar-refractivity contribution < 1.29 is 18.0 Å². The first kappa shape index (κ1) is 25.4. The fourth-order valence-electron chi connectivity index (χ4n) is 4.09. The summed E-state index contributed by atoms with van der Waals surface area (Å²) in [5, 5.41) is 0.137. The molecule has 1 saturated heterocycles. The van der Waals surface area contributed by atoms with Crippen LogP contribution in [0.5, 0.6) is 0 Å². The van der Waals surface area contributed by atoms with Gasteiger partial charge in [0, 0.05) is 37.5 Å². The Morgan fingerprint density at radius 1 is 1.06 bits per heavy atom. The monoisotopic (exact) mass is 490 g/mol. The number of rotatable bonds is 9. The maximum Gasteiger partial charge on any atom is 0.242 e.